The molecule has 3 rings (SSSR count). The molecule has 1 aliphatic rings. The molecule has 0 aliphatic carbocycles. The number of para-hydroxylation sites is 1. The standard InChI is InChI=1S/C16H14FNO2/c17-13-7-3-1-5-11(13)16(19)18-14-9-10-20-15-8-4-2-6-12(14)15/h1-8,14H,9-10H2,(H,18,19)/t14-/m0/s1. The van der Waals surface area contributed by atoms with Gasteiger partial charge in [0.05, 0.1) is 18.2 Å². The number of rotatable bonds is 2. The maximum absolute atomic E-state index is 13.6. The van der Waals surface area contributed by atoms with Crippen molar-refractivity contribution < 1.29 is 13.9 Å². The summed E-state index contributed by atoms with van der Waals surface area (Å²) in [7, 11) is 0. The highest BCUT2D eigenvalue weighted by atomic mass is 19.1. The van der Waals surface area contributed by atoms with Gasteiger partial charge in [0, 0.05) is 12.0 Å². The molecule has 1 heterocycles. The molecule has 1 amide bonds. The minimum atomic E-state index is -0.509. The Morgan fingerprint density at radius 3 is 2.75 bits per heavy atom. The second-order valence-corrected chi connectivity index (χ2v) is 4.68. The van der Waals surface area contributed by atoms with Gasteiger partial charge in [-0.15, -0.1) is 0 Å². The molecule has 2 aromatic rings. The molecule has 0 spiro atoms. The largest absolute Gasteiger partial charge is 0.493 e. The molecule has 0 aromatic heterocycles. The van der Waals surface area contributed by atoms with Crippen molar-refractivity contribution in [3.8, 4) is 5.75 Å². The molecule has 1 aliphatic heterocycles. The molecule has 102 valence electrons. The molecule has 1 N–H and O–H groups in total. The van der Waals surface area contributed by atoms with Crippen molar-refractivity contribution in [1.82, 2.24) is 5.32 Å². The van der Waals surface area contributed by atoms with Crippen LogP contribution in [0.1, 0.15) is 28.4 Å². The molecule has 20 heavy (non-hydrogen) atoms. The first-order valence-corrected chi connectivity index (χ1v) is 6.53. The van der Waals surface area contributed by atoms with Gasteiger partial charge in [-0.05, 0) is 18.2 Å². The highest BCUT2D eigenvalue weighted by Crippen LogP contribution is 2.31. The second-order valence-electron chi connectivity index (χ2n) is 4.68. The molecule has 1 atom stereocenters. The summed E-state index contributed by atoms with van der Waals surface area (Å²) in [6.07, 6.45) is 0.678. The Morgan fingerprint density at radius 2 is 1.90 bits per heavy atom. The Labute approximate surface area is 116 Å². The number of benzene rings is 2. The predicted octanol–water partition coefficient (Wildman–Crippen LogP) is 3.08. The van der Waals surface area contributed by atoms with Crippen LogP contribution in [0, 0.1) is 5.82 Å². The number of halogens is 1. The lowest BCUT2D eigenvalue weighted by Gasteiger charge is -2.26. The Kier molecular flexibility index (Phi) is 3.37. The van der Waals surface area contributed by atoms with Crippen molar-refractivity contribution in [2.24, 2.45) is 0 Å². The second kappa shape index (κ2) is 5.33. The van der Waals surface area contributed by atoms with Crippen molar-refractivity contribution >= 4 is 5.91 Å². The van der Waals surface area contributed by atoms with Gasteiger partial charge in [0.25, 0.3) is 5.91 Å². The summed E-state index contributed by atoms with van der Waals surface area (Å²) < 4.78 is 19.1. The predicted molar refractivity (Wildman–Crippen MR) is 73.2 cm³/mol. The van der Waals surface area contributed by atoms with Crippen LogP contribution in [-0.2, 0) is 0 Å². The van der Waals surface area contributed by atoms with E-state index in [4.69, 9.17) is 4.74 Å². The van der Waals surface area contributed by atoms with E-state index in [0.29, 0.717) is 13.0 Å². The number of amides is 1. The van der Waals surface area contributed by atoms with Gasteiger partial charge < -0.3 is 10.1 Å². The monoisotopic (exact) mass is 271 g/mol. The molecule has 2 aromatic carbocycles. The fourth-order valence-electron chi connectivity index (χ4n) is 2.37. The Hall–Kier alpha value is -2.36. The minimum absolute atomic E-state index is 0.0662. The summed E-state index contributed by atoms with van der Waals surface area (Å²) in [6.45, 7) is 0.541. The van der Waals surface area contributed by atoms with Gasteiger partial charge in [0.15, 0.2) is 0 Å². The molecule has 3 nitrogen and oxygen atoms in total. The number of ether oxygens (including phenoxy) is 1. The van der Waals surface area contributed by atoms with Gasteiger partial charge >= 0.3 is 0 Å². The first-order valence-electron chi connectivity index (χ1n) is 6.53. The van der Waals surface area contributed by atoms with Gasteiger partial charge in [0.2, 0.25) is 0 Å². The Bertz CT molecular complexity index is 642. The van der Waals surface area contributed by atoms with Crippen molar-refractivity contribution in [2.75, 3.05) is 6.61 Å². The first kappa shape index (κ1) is 12.7. The number of carbonyl (C=O) groups is 1. The van der Waals surface area contributed by atoms with Crippen molar-refractivity contribution in [3.63, 3.8) is 0 Å². The van der Waals surface area contributed by atoms with Crippen LogP contribution in [0.3, 0.4) is 0 Å². The van der Waals surface area contributed by atoms with Crippen LogP contribution in [0.25, 0.3) is 0 Å². The minimum Gasteiger partial charge on any atom is -0.493 e. The number of nitrogens with one attached hydrogen (secondary N) is 1. The van der Waals surface area contributed by atoms with Crippen LogP contribution in [0.15, 0.2) is 48.5 Å². The van der Waals surface area contributed by atoms with E-state index >= 15 is 0 Å². The quantitative estimate of drug-likeness (QED) is 0.911. The molecule has 0 saturated carbocycles. The lowest BCUT2D eigenvalue weighted by molar-refractivity contribution is 0.0920. The zero-order chi connectivity index (χ0) is 13.9. The third-order valence-electron chi connectivity index (χ3n) is 3.38. The highest BCUT2D eigenvalue weighted by Gasteiger charge is 2.23. The highest BCUT2D eigenvalue weighted by molar-refractivity contribution is 5.94. The van der Waals surface area contributed by atoms with E-state index in [1.165, 1.54) is 12.1 Å². The lowest BCUT2D eigenvalue weighted by Crippen LogP contribution is -2.32. The van der Waals surface area contributed by atoms with Crippen LogP contribution < -0.4 is 10.1 Å². The lowest BCUT2D eigenvalue weighted by atomic mass is 10.00. The molecule has 4 heteroatoms. The molecule has 0 saturated heterocycles. The van der Waals surface area contributed by atoms with E-state index in [1.807, 2.05) is 24.3 Å². The van der Waals surface area contributed by atoms with Crippen LogP contribution >= 0.6 is 0 Å². The summed E-state index contributed by atoms with van der Waals surface area (Å²) >= 11 is 0. The summed E-state index contributed by atoms with van der Waals surface area (Å²) in [6, 6.07) is 13.4. The van der Waals surface area contributed by atoms with E-state index in [0.717, 1.165) is 11.3 Å². The van der Waals surface area contributed by atoms with Gasteiger partial charge in [-0.2, -0.15) is 0 Å². The summed E-state index contributed by atoms with van der Waals surface area (Å²) in [5.74, 6) is -0.132. The third-order valence-corrected chi connectivity index (χ3v) is 3.38. The van der Waals surface area contributed by atoms with Crippen molar-refractivity contribution in [1.29, 1.82) is 0 Å². The number of carbonyl (C=O) groups excluding carboxylic acids is 1. The maximum Gasteiger partial charge on any atom is 0.254 e. The van der Waals surface area contributed by atoms with Gasteiger partial charge in [0.1, 0.15) is 11.6 Å². The molecule has 0 fully saturated rings. The van der Waals surface area contributed by atoms with Crippen molar-refractivity contribution in [3.05, 3.63) is 65.5 Å². The van der Waals surface area contributed by atoms with Crippen LogP contribution in [0.4, 0.5) is 4.39 Å². The van der Waals surface area contributed by atoms with Gasteiger partial charge in [-0.3, -0.25) is 4.79 Å². The van der Waals surface area contributed by atoms with Gasteiger partial charge in [-0.25, -0.2) is 4.39 Å². The Morgan fingerprint density at radius 1 is 1.15 bits per heavy atom. The molecule has 0 unspecified atom stereocenters. The number of hydrogen-bond acceptors (Lipinski definition) is 2. The average Bonchev–Trinajstić information content (AvgIpc) is 2.48. The third kappa shape index (κ3) is 2.37. The maximum atomic E-state index is 13.6. The van der Waals surface area contributed by atoms with E-state index in [1.54, 1.807) is 12.1 Å². The molecular formula is C16H14FNO2. The fraction of sp³-hybridized carbons (Fsp3) is 0.188. The molecule has 0 radical (unpaired) electrons. The molecule has 0 bridgehead atoms. The Balaban J connectivity index is 1.83. The van der Waals surface area contributed by atoms with E-state index in [-0.39, 0.29) is 11.6 Å². The number of fused-ring (bicyclic) bond motifs is 1. The van der Waals surface area contributed by atoms with E-state index < -0.39 is 11.7 Å². The van der Waals surface area contributed by atoms with E-state index in [2.05, 4.69) is 5.32 Å². The summed E-state index contributed by atoms with van der Waals surface area (Å²) in [4.78, 5) is 12.2. The topological polar surface area (TPSA) is 38.3 Å². The summed E-state index contributed by atoms with van der Waals surface area (Å²) in [5, 5.41) is 2.87. The zero-order valence-electron chi connectivity index (χ0n) is 10.8. The van der Waals surface area contributed by atoms with Crippen molar-refractivity contribution in [2.45, 2.75) is 12.5 Å². The average molecular weight is 271 g/mol. The van der Waals surface area contributed by atoms with E-state index in [9.17, 15) is 9.18 Å². The fourth-order valence-corrected chi connectivity index (χ4v) is 2.37. The SMILES string of the molecule is O=C(N[C@H]1CCOc2ccccc21)c1ccccc1F. The zero-order valence-corrected chi connectivity index (χ0v) is 10.8. The van der Waals surface area contributed by atoms with Gasteiger partial charge in [-0.1, -0.05) is 30.3 Å². The van der Waals surface area contributed by atoms with Crippen LogP contribution in [0.2, 0.25) is 0 Å². The normalized spacial score (nSPS) is 16.9. The first-order chi connectivity index (χ1) is 9.75. The summed E-state index contributed by atoms with van der Waals surface area (Å²) in [5.41, 5.74) is 1.000. The van der Waals surface area contributed by atoms with Crippen LogP contribution in [0.5, 0.6) is 5.75 Å². The number of hydrogen-bond donors (Lipinski definition) is 1. The van der Waals surface area contributed by atoms with Crippen LogP contribution in [-0.4, -0.2) is 12.5 Å². The smallest absolute Gasteiger partial charge is 0.254 e. The molecular weight excluding hydrogens is 257 g/mol.